The van der Waals surface area contributed by atoms with Crippen LogP contribution in [0.15, 0.2) is 24.5 Å². The Kier molecular flexibility index (Phi) is 2.60. The minimum atomic E-state index is 0.927. The van der Waals surface area contributed by atoms with Gasteiger partial charge in [-0.3, -0.25) is 4.98 Å². The first-order valence-electron chi connectivity index (χ1n) is 4.96. The number of rotatable bonds is 4. The molecule has 2 heteroatoms. The number of hydrogen-bond donors (Lipinski definition) is 1. The zero-order valence-corrected chi connectivity index (χ0v) is 8.03. The molecule has 0 spiro atoms. The van der Waals surface area contributed by atoms with Gasteiger partial charge in [-0.15, -0.1) is 0 Å². The van der Waals surface area contributed by atoms with E-state index in [1.54, 1.807) is 0 Å². The maximum atomic E-state index is 4.07. The van der Waals surface area contributed by atoms with Crippen molar-refractivity contribution < 1.29 is 0 Å². The topological polar surface area (TPSA) is 24.9 Å². The summed E-state index contributed by atoms with van der Waals surface area (Å²) in [5.41, 5.74) is 1.27. The first kappa shape index (κ1) is 8.70. The molecule has 2 atom stereocenters. The van der Waals surface area contributed by atoms with Crippen molar-refractivity contribution in [2.24, 2.45) is 11.8 Å². The summed E-state index contributed by atoms with van der Waals surface area (Å²) in [4.78, 5) is 4.07. The highest BCUT2D eigenvalue weighted by Crippen LogP contribution is 2.36. The largest absolute Gasteiger partial charge is 0.312 e. The Morgan fingerprint density at radius 1 is 1.62 bits per heavy atom. The molecule has 2 rings (SSSR count). The Hall–Kier alpha value is -0.890. The lowest BCUT2D eigenvalue weighted by Gasteiger charge is -2.02. The van der Waals surface area contributed by atoms with Gasteiger partial charge in [0.15, 0.2) is 0 Å². The molecule has 2 unspecified atom stereocenters. The van der Waals surface area contributed by atoms with Crippen LogP contribution in [0.3, 0.4) is 0 Å². The highest BCUT2D eigenvalue weighted by Gasteiger charge is 2.31. The monoisotopic (exact) mass is 176 g/mol. The molecule has 1 aromatic rings. The van der Waals surface area contributed by atoms with Crippen molar-refractivity contribution >= 4 is 0 Å². The summed E-state index contributed by atoms with van der Waals surface area (Å²) in [6.45, 7) is 4.43. The standard InChI is InChI=1S/C11H16N2/c1-9-5-11(9)8-13-7-10-3-2-4-12-6-10/h2-4,6,9,11,13H,5,7-8H2,1H3. The number of nitrogens with one attached hydrogen (secondary N) is 1. The second-order valence-corrected chi connectivity index (χ2v) is 3.97. The number of hydrogen-bond acceptors (Lipinski definition) is 2. The van der Waals surface area contributed by atoms with Gasteiger partial charge in [-0.1, -0.05) is 13.0 Å². The average molecular weight is 176 g/mol. The van der Waals surface area contributed by atoms with E-state index < -0.39 is 0 Å². The summed E-state index contributed by atoms with van der Waals surface area (Å²) in [6.07, 6.45) is 5.13. The Bertz CT molecular complexity index is 258. The molecule has 70 valence electrons. The van der Waals surface area contributed by atoms with E-state index in [0.29, 0.717) is 0 Å². The average Bonchev–Trinajstić information content (AvgIpc) is 2.84. The van der Waals surface area contributed by atoms with Gasteiger partial charge in [0, 0.05) is 18.9 Å². The molecule has 1 fully saturated rings. The molecule has 1 N–H and O–H groups in total. The number of pyridine rings is 1. The van der Waals surface area contributed by atoms with E-state index in [-0.39, 0.29) is 0 Å². The van der Waals surface area contributed by atoms with E-state index in [4.69, 9.17) is 0 Å². The minimum absolute atomic E-state index is 0.927. The molecule has 0 saturated heterocycles. The van der Waals surface area contributed by atoms with Crippen molar-refractivity contribution in [2.75, 3.05) is 6.54 Å². The van der Waals surface area contributed by atoms with Crippen LogP contribution in [0, 0.1) is 11.8 Å². The van der Waals surface area contributed by atoms with Crippen LogP contribution >= 0.6 is 0 Å². The molecule has 1 aromatic heterocycles. The molecular weight excluding hydrogens is 160 g/mol. The van der Waals surface area contributed by atoms with Crippen molar-refractivity contribution in [2.45, 2.75) is 19.9 Å². The molecule has 0 amide bonds. The van der Waals surface area contributed by atoms with Crippen molar-refractivity contribution in [3.05, 3.63) is 30.1 Å². The fourth-order valence-corrected chi connectivity index (χ4v) is 1.59. The van der Waals surface area contributed by atoms with Crippen LogP contribution in [0.1, 0.15) is 18.9 Å². The summed E-state index contributed by atoms with van der Waals surface area (Å²) < 4.78 is 0. The van der Waals surface area contributed by atoms with Crippen LogP contribution in [-0.4, -0.2) is 11.5 Å². The fraction of sp³-hybridized carbons (Fsp3) is 0.545. The van der Waals surface area contributed by atoms with Gasteiger partial charge in [0.1, 0.15) is 0 Å². The van der Waals surface area contributed by atoms with Crippen LogP contribution in [0.5, 0.6) is 0 Å². The SMILES string of the molecule is CC1CC1CNCc1cccnc1. The third-order valence-corrected chi connectivity index (χ3v) is 2.73. The van der Waals surface area contributed by atoms with Crippen LogP contribution < -0.4 is 5.32 Å². The van der Waals surface area contributed by atoms with E-state index in [1.165, 1.54) is 12.0 Å². The maximum Gasteiger partial charge on any atom is 0.0312 e. The quantitative estimate of drug-likeness (QED) is 0.757. The van der Waals surface area contributed by atoms with Crippen LogP contribution in [0.2, 0.25) is 0 Å². The van der Waals surface area contributed by atoms with Gasteiger partial charge in [-0.25, -0.2) is 0 Å². The van der Waals surface area contributed by atoms with Crippen molar-refractivity contribution in [1.29, 1.82) is 0 Å². The second-order valence-electron chi connectivity index (χ2n) is 3.97. The Morgan fingerprint density at radius 2 is 2.46 bits per heavy atom. The minimum Gasteiger partial charge on any atom is -0.312 e. The van der Waals surface area contributed by atoms with Crippen LogP contribution in [0.4, 0.5) is 0 Å². The Morgan fingerprint density at radius 3 is 3.08 bits per heavy atom. The van der Waals surface area contributed by atoms with E-state index in [0.717, 1.165) is 24.9 Å². The third kappa shape index (κ3) is 2.52. The Balaban J connectivity index is 1.68. The van der Waals surface area contributed by atoms with E-state index >= 15 is 0 Å². The summed E-state index contributed by atoms with van der Waals surface area (Å²) in [6, 6.07) is 4.09. The predicted molar refractivity (Wildman–Crippen MR) is 53.2 cm³/mol. The lowest BCUT2D eigenvalue weighted by Crippen LogP contribution is -2.16. The molecule has 1 saturated carbocycles. The molecule has 0 aromatic carbocycles. The van der Waals surface area contributed by atoms with Gasteiger partial charge in [0.25, 0.3) is 0 Å². The van der Waals surface area contributed by atoms with E-state index in [2.05, 4.69) is 23.3 Å². The van der Waals surface area contributed by atoms with Gasteiger partial charge in [-0.2, -0.15) is 0 Å². The lowest BCUT2D eigenvalue weighted by atomic mass is 10.3. The van der Waals surface area contributed by atoms with Gasteiger partial charge in [0.2, 0.25) is 0 Å². The van der Waals surface area contributed by atoms with Gasteiger partial charge in [-0.05, 0) is 36.4 Å². The summed E-state index contributed by atoms with van der Waals surface area (Å²) in [5, 5.41) is 3.45. The predicted octanol–water partition coefficient (Wildman–Crippen LogP) is 1.83. The molecule has 0 radical (unpaired) electrons. The second kappa shape index (κ2) is 3.88. The molecule has 1 aliphatic carbocycles. The summed E-state index contributed by atoms with van der Waals surface area (Å²) in [7, 11) is 0. The zero-order chi connectivity index (χ0) is 9.10. The highest BCUT2D eigenvalue weighted by atomic mass is 14.9. The number of aromatic nitrogens is 1. The molecule has 13 heavy (non-hydrogen) atoms. The molecule has 0 bridgehead atoms. The first-order chi connectivity index (χ1) is 6.36. The van der Waals surface area contributed by atoms with Gasteiger partial charge in [0.05, 0.1) is 0 Å². The van der Waals surface area contributed by atoms with Crippen molar-refractivity contribution in [3.63, 3.8) is 0 Å². The van der Waals surface area contributed by atoms with Crippen LogP contribution in [0.25, 0.3) is 0 Å². The van der Waals surface area contributed by atoms with Crippen molar-refractivity contribution in [1.82, 2.24) is 10.3 Å². The molecular formula is C11H16N2. The van der Waals surface area contributed by atoms with E-state index in [9.17, 15) is 0 Å². The maximum absolute atomic E-state index is 4.07. The first-order valence-corrected chi connectivity index (χ1v) is 4.96. The summed E-state index contributed by atoms with van der Waals surface area (Å²) >= 11 is 0. The van der Waals surface area contributed by atoms with Crippen LogP contribution in [-0.2, 0) is 6.54 Å². The smallest absolute Gasteiger partial charge is 0.0312 e. The Labute approximate surface area is 79.4 Å². The molecule has 0 aliphatic heterocycles. The number of nitrogens with zero attached hydrogens (tertiary/aromatic N) is 1. The van der Waals surface area contributed by atoms with Gasteiger partial charge < -0.3 is 5.32 Å². The van der Waals surface area contributed by atoms with Gasteiger partial charge >= 0.3 is 0 Å². The normalized spacial score (nSPS) is 25.9. The molecule has 1 heterocycles. The fourth-order valence-electron chi connectivity index (χ4n) is 1.59. The van der Waals surface area contributed by atoms with E-state index in [1.807, 2.05) is 18.5 Å². The molecule has 2 nitrogen and oxygen atoms in total. The highest BCUT2D eigenvalue weighted by molar-refractivity contribution is 5.07. The lowest BCUT2D eigenvalue weighted by molar-refractivity contribution is 0.611. The third-order valence-electron chi connectivity index (χ3n) is 2.73. The van der Waals surface area contributed by atoms with Crippen molar-refractivity contribution in [3.8, 4) is 0 Å². The summed E-state index contributed by atoms with van der Waals surface area (Å²) in [5.74, 6) is 1.87. The molecule has 1 aliphatic rings. The zero-order valence-electron chi connectivity index (χ0n) is 8.03.